The maximum Gasteiger partial charge on any atom is 0.227 e. The quantitative estimate of drug-likeness (QED) is 0.519. The van der Waals surface area contributed by atoms with Gasteiger partial charge in [0.2, 0.25) is 17.6 Å². The minimum atomic E-state index is 0.0829. The highest BCUT2D eigenvalue weighted by Gasteiger charge is 2.22. The van der Waals surface area contributed by atoms with Gasteiger partial charge >= 0.3 is 0 Å². The van der Waals surface area contributed by atoms with Gasteiger partial charge in [-0.15, -0.1) is 0 Å². The lowest BCUT2D eigenvalue weighted by Gasteiger charge is -2.35. The Kier molecular flexibility index (Phi) is 6.66. The number of nitrogens with zero attached hydrogens (tertiary/aromatic N) is 5. The molecule has 1 saturated heterocycles. The van der Waals surface area contributed by atoms with Crippen LogP contribution in [0.2, 0.25) is 5.15 Å². The van der Waals surface area contributed by atoms with Crippen molar-refractivity contribution in [2.24, 2.45) is 0 Å². The number of hydrogen-bond acceptors (Lipinski definition) is 7. The van der Waals surface area contributed by atoms with Crippen molar-refractivity contribution in [2.45, 2.75) is 19.8 Å². The first-order chi connectivity index (χ1) is 15.1. The lowest BCUT2D eigenvalue weighted by atomic mass is 10.2. The Morgan fingerprint density at radius 2 is 1.87 bits per heavy atom. The van der Waals surface area contributed by atoms with Crippen LogP contribution in [0.4, 0.5) is 5.82 Å². The molecule has 0 spiro atoms. The second-order valence-electron chi connectivity index (χ2n) is 7.16. The van der Waals surface area contributed by atoms with Crippen molar-refractivity contribution in [1.82, 2.24) is 20.0 Å². The van der Waals surface area contributed by atoms with Gasteiger partial charge in [-0.2, -0.15) is 4.98 Å². The molecule has 8 nitrogen and oxygen atoms in total. The summed E-state index contributed by atoms with van der Waals surface area (Å²) in [5, 5.41) is 4.50. The van der Waals surface area contributed by atoms with E-state index in [0.29, 0.717) is 49.4 Å². The van der Waals surface area contributed by atoms with E-state index in [2.05, 4.69) is 20.0 Å². The highest BCUT2D eigenvalue weighted by molar-refractivity contribution is 6.29. The minimum Gasteiger partial charge on any atom is -0.494 e. The van der Waals surface area contributed by atoms with Gasteiger partial charge in [-0.25, -0.2) is 4.98 Å². The third-order valence-corrected chi connectivity index (χ3v) is 5.31. The maximum absolute atomic E-state index is 12.6. The third kappa shape index (κ3) is 5.32. The molecule has 1 aliphatic heterocycles. The predicted molar refractivity (Wildman–Crippen MR) is 117 cm³/mol. The topological polar surface area (TPSA) is 84.6 Å². The van der Waals surface area contributed by atoms with E-state index in [1.807, 2.05) is 48.2 Å². The molecule has 4 rings (SSSR count). The maximum atomic E-state index is 12.6. The number of piperazine rings is 1. The number of benzene rings is 1. The molecule has 0 radical (unpaired) electrons. The Labute approximate surface area is 185 Å². The lowest BCUT2D eigenvalue weighted by Crippen LogP contribution is -2.49. The van der Waals surface area contributed by atoms with E-state index in [1.54, 1.807) is 6.07 Å². The Balaban J connectivity index is 1.27. The summed E-state index contributed by atoms with van der Waals surface area (Å²) in [7, 11) is 0. The third-order valence-electron chi connectivity index (χ3n) is 5.10. The largest absolute Gasteiger partial charge is 0.494 e. The van der Waals surface area contributed by atoms with Crippen LogP contribution in [0.5, 0.6) is 5.75 Å². The van der Waals surface area contributed by atoms with Crippen molar-refractivity contribution in [2.75, 3.05) is 37.7 Å². The molecule has 0 aliphatic carbocycles. The van der Waals surface area contributed by atoms with E-state index in [4.69, 9.17) is 20.9 Å². The number of pyridine rings is 1. The van der Waals surface area contributed by atoms with Gasteiger partial charge in [0.15, 0.2) is 0 Å². The van der Waals surface area contributed by atoms with Crippen LogP contribution in [0, 0.1) is 0 Å². The van der Waals surface area contributed by atoms with Crippen LogP contribution in [0.1, 0.15) is 19.2 Å². The summed E-state index contributed by atoms with van der Waals surface area (Å²) < 4.78 is 10.8. The molecule has 0 atom stereocenters. The smallest absolute Gasteiger partial charge is 0.227 e. The summed E-state index contributed by atoms with van der Waals surface area (Å²) in [4.78, 5) is 25.4. The second-order valence-corrected chi connectivity index (χ2v) is 7.54. The molecule has 1 aliphatic rings. The average Bonchev–Trinajstić information content (AvgIpc) is 3.27. The standard InChI is InChI=1S/C22H24ClN5O3/c1-2-30-17-8-6-16(7-9-17)22-25-20(31-26-22)10-11-21(29)28-14-12-27(13-15-28)19-5-3-4-18(23)24-19/h3-9H,2,10-15H2,1H3. The number of aromatic nitrogens is 3. The summed E-state index contributed by atoms with van der Waals surface area (Å²) in [5.74, 6) is 2.69. The first kappa shape index (κ1) is 21.1. The lowest BCUT2D eigenvalue weighted by molar-refractivity contribution is -0.131. The molecule has 3 aromatic rings. The number of hydrogen-bond donors (Lipinski definition) is 0. The van der Waals surface area contributed by atoms with Gasteiger partial charge in [0.1, 0.15) is 16.7 Å². The summed E-state index contributed by atoms with van der Waals surface area (Å²) in [6.45, 7) is 5.30. The fourth-order valence-electron chi connectivity index (χ4n) is 3.47. The van der Waals surface area contributed by atoms with Crippen LogP contribution in [-0.4, -0.2) is 58.7 Å². The molecule has 9 heteroatoms. The Hall–Kier alpha value is -3.13. The zero-order valence-corrected chi connectivity index (χ0v) is 18.1. The highest BCUT2D eigenvalue weighted by atomic mass is 35.5. The summed E-state index contributed by atoms with van der Waals surface area (Å²) >= 11 is 5.98. The van der Waals surface area contributed by atoms with Crippen LogP contribution in [0.3, 0.4) is 0 Å². The SMILES string of the molecule is CCOc1ccc(-c2noc(CCC(=O)N3CCN(c4cccc(Cl)n4)CC3)n2)cc1. The average molecular weight is 442 g/mol. The molecule has 1 aromatic carbocycles. The summed E-state index contributed by atoms with van der Waals surface area (Å²) in [6.07, 6.45) is 0.749. The van der Waals surface area contributed by atoms with Crippen molar-refractivity contribution in [1.29, 1.82) is 0 Å². The zero-order valence-electron chi connectivity index (χ0n) is 17.3. The number of aryl methyl sites for hydroxylation is 1. The van der Waals surface area contributed by atoms with E-state index in [-0.39, 0.29) is 5.91 Å². The van der Waals surface area contributed by atoms with Crippen LogP contribution < -0.4 is 9.64 Å². The first-order valence-corrected chi connectivity index (χ1v) is 10.7. The number of ether oxygens (including phenoxy) is 1. The Morgan fingerprint density at radius 3 is 2.58 bits per heavy atom. The second kappa shape index (κ2) is 9.78. The molecule has 0 saturated carbocycles. The molecule has 162 valence electrons. The number of rotatable bonds is 7. The summed E-state index contributed by atoms with van der Waals surface area (Å²) in [6, 6.07) is 13.1. The van der Waals surface area contributed by atoms with Crippen LogP contribution in [-0.2, 0) is 11.2 Å². The number of amides is 1. The molecule has 1 amide bonds. The minimum absolute atomic E-state index is 0.0829. The van der Waals surface area contributed by atoms with E-state index >= 15 is 0 Å². The van der Waals surface area contributed by atoms with Crippen LogP contribution in [0.25, 0.3) is 11.4 Å². The van der Waals surface area contributed by atoms with Gasteiger partial charge < -0.3 is 19.1 Å². The van der Waals surface area contributed by atoms with Crippen molar-refractivity contribution in [3.8, 4) is 17.1 Å². The van der Waals surface area contributed by atoms with Crippen LogP contribution in [0.15, 0.2) is 47.0 Å². The molecule has 2 aromatic heterocycles. The van der Waals surface area contributed by atoms with Crippen molar-refractivity contribution in [3.05, 3.63) is 53.5 Å². The number of halogens is 1. The zero-order chi connectivity index (χ0) is 21.6. The number of anilines is 1. The highest BCUT2D eigenvalue weighted by Crippen LogP contribution is 2.21. The Bertz CT molecular complexity index is 1020. The molecule has 0 N–H and O–H groups in total. The Morgan fingerprint density at radius 1 is 1.10 bits per heavy atom. The fourth-order valence-corrected chi connectivity index (χ4v) is 3.63. The van der Waals surface area contributed by atoms with Gasteiger partial charge in [0.05, 0.1) is 6.61 Å². The molecular weight excluding hydrogens is 418 g/mol. The first-order valence-electron chi connectivity index (χ1n) is 10.3. The van der Waals surface area contributed by atoms with E-state index in [1.165, 1.54) is 0 Å². The molecule has 0 bridgehead atoms. The molecular formula is C22H24ClN5O3. The van der Waals surface area contributed by atoms with Gasteiger partial charge in [-0.3, -0.25) is 4.79 Å². The molecule has 0 unspecified atom stereocenters. The van der Waals surface area contributed by atoms with Crippen LogP contribution >= 0.6 is 11.6 Å². The monoisotopic (exact) mass is 441 g/mol. The molecule has 31 heavy (non-hydrogen) atoms. The molecule has 3 heterocycles. The van der Waals surface area contributed by atoms with Crippen molar-refractivity contribution in [3.63, 3.8) is 0 Å². The van der Waals surface area contributed by atoms with Gasteiger partial charge in [0, 0.05) is 44.6 Å². The number of carbonyl (C=O) groups is 1. The fraction of sp³-hybridized carbons (Fsp3) is 0.364. The van der Waals surface area contributed by atoms with E-state index in [9.17, 15) is 4.79 Å². The van der Waals surface area contributed by atoms with Gasteiger partial charge in [-0.05, 0) is 43.3 Å². The predicted octanol–water partition coefficient (Wildman–Crippen LogP) is 3.47. The van der Waals surface area contributed by atoms with E-state index < -0.39 is 0 Å². The number of carbonyl (C=O) groups excluding carboxylic acids is 1. The van der Waals surface area contributed by atoms with Gasteiger partial charge in [0.25, 0.3) is 0 Å². The molecule has 1 fully saturated rings. The van der Waals surface area contributed by atoms with Gasteiger partial charge in [-0.1, -0.05) is 22.8 Å². The van der Waals surface area contributed by atoms with E-state index in [0.717, 1.165) is 30.2 Å². The normalized spacial score (nSPS) is 14.0. The summed E-state index contributed by atoms with van der Waals surface area (Å²) in [5.41, 5.74) is 0.843. The van der Waals surface area contributed by atoms with Crippen molar-refractivity contribution >= 4 is 23.3 Å². The van der Waals surface area contributed by atoms with Crippen molar-refractivity contribution < 1.29 is 14.1 Å².